The Morgan fingerprint density at radius 2 is 1.11 bits per heavy atom. The lowest BCUT2D eigenvalue weighted by atomic mass is 9.90. The summed E-state index contributed by atoms with van der Waals surface area (Å²) in [5.41, 5.74) is 5.28. The number of hydrogen-bond donors (Lipinski definition) is 1. The minimum atomic E-state index is -0.470. The summed E-state index contributed by atoms with van der Waals surface area (Å²) in [4.78, 5) is 14.3. The molecule has 3 nitrogen and oxygen atoms in total. The van der Waals surface area contributed by atoms with Gasteiger partial charge in [0.05, 0.1) is 5.54 Å². The Morgan fingerprint density at radius 1 is 0.704 bits per heavy atom. The van der Waals surface area contributed by atoms with E-state index in [9.17, 15) is 4.79 Å². The van der Waals surface area contributed by atoms with Crippen LogP contribution in [-0.2, 0) is 4.79 Å². The van der Waals surface area contributed by atoms with Crippen molar-refractivity contribution >= 4 is 5.91 Å². The predicted octanol–water partition coefficient (Wildman–Crippen LogP) is 6.83. The van der Waals surface area contributed by atoms with Crippen LogP contribution in [0.5, 0.6) is 0 Å². The van der Waals surface area contributed by atoms with E-state index < -0.39 is 5.54 Å². The fourth-order valence-electron chi connectivity index (χ4n) is 4.12. The van der Waals surface area contributed by atoms with Gasteiger partial charge in [-0.25, -0.2) is 0 Å². The number of likely N-dealkylation sites (N-methyl/N-ethyl adjacent to an activating group) is 1. The Morgan fingerprint density at radius 3 is 1.44 bits per heavy atom. The van der Waals surface area contributed by atoms with E-state index in [0.29, 0.717) is 0 Å². The summed E-state index contributed by atoms with van der Waals surface area (Å²) in [7, 11) is 0. The standard InChI is InChI=1S/C24H50N2O/c1-5-8-9-10-11-12-13-14-15-16-17-18-19-20-21-24(4,23(25)27)26(7-3)22-6-2/h5-22H2,1-4H3,(H2,25,27). The summed E-state index contributed by atoms with van der Waals surface area (Å²) in [6.07, 6.45) is 21.0. The number of nitrogens with two attached hydrogens (primary N) is 1. The van der Waals surface area contributed by atoms with E-state index in [1.807, 2.05) is 6.92 Å². The molecule has 0 aromatic rings. The molecular weight excluding hydrogens is 332 g/mol. The number of nitrogens with zero attached hydrogens (tertiary/aromatic N) is 1. The average molecular weight is 383 g/mol. The lowest BCUT2D eigenvalue weighted by molar-refractivity contribution is -0.129. The number of amides is 1. The molecule has 0 aliphatic rings. The van der Waals surface area contributed by atoms with E-state index in [-0.39, 0.29) is 5.91 Å². The van der Waals surface area contributed by atoms with Crippen molar-refractivity contribution in [2.45, 2.75) is 136 Å². The first-order valence-corrected chi connectivity index (χ1v) is 12.1. The molecule has 0 radical (unpaired) electrons. The van der Waals surface area contributed by atoms with Crippen molar-refractivity contribution in [1.29, 1.82) is 0 Å². The van der Waals surface area contributed by atoms with Crippen LogP contribution in [0.4, 0.5) is 0 Å². The maximum atomic E-state index is 12.0. The van der Waals surface area contributed by atoms with Gasteiger partial charge in [-0.15, -0.1) is 0 Å². The molecule has 0 aromatic carbocycles. The van der Waals surface area contributed by atoms with Gasteiger partial charge in [-0.05, 0) is 32.9 Å². The topological polar surface area (TPSA) is 46.3 Å². The molecule has 0 saturated heterocycles. The largest absolute Gasteiger partial charge is 0.368 e. The molecule has 0 heterocycles. The van der Waals surface area contributed by atoms with Crippen molar-refractivity contribution in [2.75, 3.05) is 13.1 Å². The Hall–Kier alpha value is -0.570. The Bertz CT molecular complexity index is 345. The summed E-state index contributed by atoms with van der Waals surface area (Å²) in [5.74, 6) is -0.160. The number of carbonyl (C=O) groups excluding carboxylic acids is 1. The molecule has 0 fully saturated rings. The molecule has 27 heavy (non-hydrogen) atoms. The van der Waals surface area contributed by atoms with Gasteiger partial charge in [0.15, 0.2) is 0 Å². The van der Waals surface area contributed by atoms with Gasteiger partial charge in [-0.1, -0.05) is 111 Å². The highest BCUT2D eigenvalue weighted by molar-refractivity contribution is 5.84. The minimum absolute atomic E-state index is 0.160. The normalized spacial score (nSPS) is 13.8. The van der Waals surface area contributed by atoms with Crippen LogP contribution < -0.4 is 5.73 Å². The maximum absolute atomic E-state index is 12.0. The molecule has 0 spiro atoms. The first kappa shape index (κ1) is 26.4. The molecule has 0 aliphatic carbocycles. The Labute approximate surface area is 170 Å². The molecule has 0 saturated carbocycles. The lowest BCUT2D eigenvalue weighted by Crippen LogP contribution is -2.55. The third kappa shape index (κ3) is 12.5. The molecule has 2 N–H and O–H groups in total. The van der Waals surface area contributed by atoms with Gasteiger partial charge < -0.3 is 5.73 Å². The molecule has 1 amide bonds. The average Bonchev–Trinajstić information content (AvgIpc) is 2.65. The summed E-state index contributed by atoms with van der Waals surface area (Å²) in [6, 6.07) is 0. The van der Waals surface area contributed by atoms with Crippen LogP contribution in [0.15, 0.2) is 0 Å². The Balaban J connectivity index is 3.67. The van der Waals surface area contributed by atoms with Crippen molar-refractivity contribution in [1.82, 2.24) is 4.90 Å². The molecule has 0 rings (SSSR count). The van der Waals surface area contributed by atoms with Gasteiger partial charge in [0, 0.05) is 0 Å². The van der Waals surface area contributed by atoms with Gasteiger partial charge in [0.25, 0.3) is 0 Å². The third-order valence-electron chi connectivity index (χ3n) is 6.12. The van der Waals surface area contributed by atoms with Crippen LogP contribution in [0.3, 0.4) is 0 Å². The van der Waals surface area contributed by atoms with Crippen LogP contribution in [-0.4, -0.2) is 29.4 Å². The minimum Gasteiger partial charge on any atom is -0.368 e. The first-order valence-electron chi connectivity index (χ1n) is 12.1. The summed E-state index contributed by atoms with van der Waals surface area (Å²) in [6.45, 7) is 10.5. The molecule has 3 heteroatoms. The van der Waals surface area contributed by atoms with E-state index in [4.69, 9.17) is 5.73 Å². The van der Waals surface area contributed by atoms with Crippen LogP contribution in [0.1, 0.15) is 130 Å². The van der Waals surface area contributed by atoms with Gasteiger partial charge >= 0.3 is 0 Å². The molecule has 1 unspecified atom stereocenters. The molecule has 0 aromatic heterocycles. The number of rotatable bonds is 20. The highest BCUT2D eigenvalue weighted by atomic mass is 16.1. The quantitative estimate of drug-likeness (QED) is 0.234. The molecule has 1 atom stereocenters. The van der Waals surface area contributed by atoms with Gasteiger partial charge in [-0.3, -0.25) is 9.69 Å². The highest BCUT2D eigenvalue weighted by Gasteiger charge is 2.35. The highest BCUT2D eigenvalue weighted by Crippen LogP contribution is 2.23. The second kappa shape index (κ2) is 17.5. The number of primary amides is 1. The second-order valence-electron chi connectivity index (χ2n) is 8.56. The van der Waals surface area contributed by atoms with E-state index >= 15 is 0 Å². The predicted molar refractivity (Wildman–Crippen MR) is 120 cm³/mol. The van der Waals surface area contributed by atoms with Crippen LogP contribution >= 0.6 is 0 Å². The van der Waals surface area contributed by atoms with Gasteiger partial charge in [0.2, 0.25) is 5.91 Å². The van der Waals surface area contributed by atoms with Crippen molar-refractivity contribution in [2.24, 2.45) is 5.73 Å². The smallest absolute Gasteiger partial charge is 0.237 e. The van der Waals surface area contributed by atoms with Crippen LogP contribution in [0.2, 0.25) is 0 Å². The third-order valence-corrected chi connectivity index (χ3v) is 6.12. The second-order valence-corrected chi connectivity index (χ2v) is 8.56. The van der Waals surface area contributed by atoms with E-state index in [1.54, 1.807) is 0 Å². The molecule has 0 bridgehead atoms. The van der Waals surface area contributed by atoms with Crippen molar-refractivity contribution in [3.8, 4) is 0 Å². The number of carbonyl (C=O) groups is 1. The molecule has 162 valence electrons. The van der Waals surface area contributed by atoms with Crippen LogP contribution in [0.25, 0.3) is 0 Å². The molecular formula is C24H50N2O. The van der Waals surface area contributed by atoms with Gasteiger partial charge in [-0.2, -0.15) is 0 Å². The van der Waals surface area contributed by atoms with Gasteiger partial charge in [0.1, 0.15) is 0 Å². The van der Waals surface area contributed by atoms with E-state index in [1.165, 1.54) is 83.5 Å². The van der Waals surface area contributed by atoms with Crippen molar-refractivity contribution in [3.05, 3.63) is 0 Å². The SMILES string of the molecule is CCCCCCCCCCCCCCCCC(C)(C(N)=O)N(CC)CCC. The number of unbranched alkanes of at least 4 members (excludes halogenated alkanes) is 13. The summed E-state index contributed by atoms with van der Waals surface area (Å²) in [5, 5.41) is 0. The monoisotopic (exact) mass is 382 g/mol. The summed E-state index contributed by atoms with van der Waals surface area (Å²) < 4.78 is 0. The molecule has 0 aliphatic heterocycles. The number of hydrogen-bond acceptors (Lipinski definition) is 2. The zero-order valence-corrected chi connectivity index (χ0v) is 19.2. The van der Waals surface area contributed by atoms with Crippen LogP contribution in [0, 0.1) is 0 Å². The van der Waals surface area contributed by atoms with Crippen molar-refractivity contribution < 1.29 is 4.79 Å². The van der Waals surface area contributed by atoms with E-state index in [0.717, 1.165) is 32.4 Å². The van der Waals surface area contributed by atoms with Crippen molar-refractivity contribution in [3.63, 3.8) is 0 Å². The first-order chi connectivity index (χ1) is 13.0. The lowest BCUT2D eigenvalue weighted by Gasteiger charge is -2.38. The Kier molecular flexibility index (Phi) is 17.2. The van der Waals surface area contributed by atoms with E-state index in [2.05, 4.69) is 25.7 Å². The fourth-order valence-corrected chi connectivity index (χ4v) is 4.12. The zero-order chi connectivity index (χ0) is 20.4. The summed E-state index contributed by atoms with van der Waals surface area (Å²) >= 11 is 0. The zero-order valence-electron chi connectivity index (χ0n) is 19.2. The maximum Gasteiger partial charge on any atom is 0.237 e. The fraction of sp³-hybridized carbons (Fsp3) is 0.958.